The van der Waals surface area contributed by atoms with Gasteiger partial charge in [0.05, 0.1) is 35.0 Å². The van der Waals surface area contributed by atoms with Gasteiger partial charge in [-0.1, -0.05) is 42.5 Å². The molecular formula is C27H26N4O5. The first-order valence-corrected chi connectivity index (χ1v) is 11.5. The summed E-state index contributed by atoms with van der Waals surface area (Å²) in [4.78, 5) is 44.0. The highest BCUT2D eigenvalue weighted by Crippen LogP contribution is 2.24. The third-order valence-corrected chi connectivity index (χ3v) is 6.04. The SMILES string of the molecule is COCCN(C(=O)c1ccc([N+](=O)[O-])cc1)C(C)c1nc2ccccc2c(=O)n1Cc1ccccc1. The van der Waals surface area contributed by atoms with Gasteiger partial charge in [-0.25, -0.2) is 4.98 Å². The summed E-state index contributed by atoms with van der Waals surface area (Å²) in [7, 11) is 1.54. The van der Waals surface area contributed by atoms with Gasteiger partial charge >= 0.3 is 0 Å². The summed E-state index contributed by atoms with van der Waals surface area (Å²) in [6.07, 6.45) is 0. The number of hydrogen-bond acceptors (Lipinski definition) is 6. The molecule has 0 saturated heterocycles. The summed E-state index contributed by atoms with van der Waals surface area (Å²) < 4.78 is 6.85. The van der Waals surface area contributed by atoms with Gasteiger partial charge < -0.3 is 9.64 Å². The molecule has 1 aromatic heterocycles. The van der Waals surface area contributed by atoms with Crippen molar-refractivity contribution in [2.24, 2.45) is 0 Å². The Hall–Kier alpha value is -4.37. The van der Waals surface area contributed by atoms with Crippen molar-refractivity contribution in [3.63, 3.8) is 0 Å². The van der Waals surface area contributed by atoms with Crippen LogP contribution in [0.25, 0.3) is 10.9 Å². The number of carbonyl (C=O) groups is 1. The second-order valence-corrected chi connectivity index (χ2v) is 8.34. The van der Waals surface area contributed by atoms with Gasteiger partial charge in [0.2, 0.25) is 0 Å². The van der Waals surface area contributed by atoms with Gasteiger partial charge in [0.1, 0.15) is 5.82 Å². The van der Waals surface area contributed by atoms with Crippen LogP contribution in [0.2, 0.25) is 0 Å². The van der Waals surface area contributed by atoms with Gasteiger partial charge in [0.15, 0.2) is 0 Å². The van der Waals surface area contributed by atoms with Crippen LogP contribution < -0.4 is 5.56 Å². The molecular weight excluding hydrogens is 460 g/mol. The number of rotatable bonds is 9. The van der Waals surface area contributed by atoms with Crippen molar-refractivity contribution < 1.29 is 14.5 Å². The number of nitrogens with zero attached hydrogens (tertiary/aromatic N) is 4. The fourth-order valence-electron chi connectivity index (χ4n) is 4.11. The van der Waals surface area contributed by atoms with Gasteiger partial charge in [0.25, 0.3) is 17.2 Å². The molecule has 3 aromatic carbocycles. The van der Waals surface area contributed by atoms with E-state index in [2.05, 4.69) is 0 Å². The highest BCUT2D eigenvalue weighted by molar-refractivity contribution is 5.94. The average molecular weight is 487 g/mol. The van der Waals surface area contributed by atoms with Gasteiger partial charge in [-0.15, -0.1) is 0 Å². The zero-order valence-electron chi connectivity index (χ0n) is 20.0. The molecule has 1 heterocycles. The lowest BCUT2D eigenvalue weighted by atomic mass is 10.1. The number of aromatic nitrogens is 2. The molecule has 0 radical (unpaired) electrons. The van der Waals surface area contributed by atoms with E-state index in [1.807, 2.05) is 43.3 Å². The number of fused-ring (bicyclic) bond motifs is 1. The lowest BCUT2D eigenvalue weighted by molar-refractivity contribution is -0.384. The van der Waals surface area contributed by atoms with Crippen LogP contribution in [0, 0.1) is 10.1 Å². The van der Waals surface area contributed by atoms with Crippen LogP contribution in [-0.4, -0.2) is 45.5 Å². The number of para-hydroxylation sites is 1. The van der Waals surface area contributed by atoms with Crippen molar-refractivity contribution in [3.05, 3.63) is 116 Å². The lowest BCUT2D eigenvalue weighted by Gasteiger charge is -2.30. The molecule has 0 aliphatic rings. The van der Waals surface area contributed by atoms with Crippen LogP contribution in [0.4, 0.5) is 5.69 Å². The molecule has 4 aromatic rings. The third-order valence-electron chi connectivity index (χ3n) is 6.04. The summed E-state index contributed by atoms with van der Waals surface area (Å²) in [5, 5.41) is 11.5. The molecule has 36 heavy (non-hydrogen) atoms. The molecule has 0 spiro atoms. The minimum atomic E-state index is -0.594. The maximum absolute atomic E-state index is 13.6. The fourth-order valence-corrected chi connectivity index (χ4v) is 4.11. The van der Waals surface area contributed by atoms with Crippen LogP contribution in [0.1, 0.15) is 34.7 Å². The van der Waals surface area contributed by atoms with Crippen molar-refractivity contribution in [2.75, 3.05) is 20.3 Å². The van der Waals surface area contributed by atoms with Crippen molar-refractivity contribution in [2.45, 2.75) is 19.5 Å². The zero-order chi connectivity index (χ0) is 25.7. The lowest BCUT2D eigenvalue weighted by Crippen LogP contribution is -2.39. The van der Waals surface area contributed by atoms with Crippen molar-refractivity contribution in [3.8, 4) is 0 Å². The molecule has 0 aliphatic carbocycles. The predicted octanol–water partition coefficient (Wildman–Crippen LogP) is 4.20. The Bertz CT molecular complexity index is 1430. The summed E-state index contributed by atoms with van der Waals surface area (Å²) >= 11 is 0. The molecule has 0 bridgehead atoms. The van der Waals surface area contributed by atoms with E-state index >= 15 is 0 Å². The first-order valence-electron chi connectivity index (χ1n) is 11.5. The standard InChI is InChI=1S/C27H26N4O5/c1-19(29(16-17-36-2)26(32)21-12-14-22(15-13-21)31(34)35)25-28-24-11-7-6-10-23(24)27(33)30(25)18-20-8-4-3-5-9-20/h3-15,19H,16-18H2,1-2H3. The third kappa shape index (κ3) is 5.16. The van der Waals surface area contributed by atoms with Crippen LogP contribution in [0.3, 0.4) is 0 Å². The molecule has 0 N–H and O–H groups in total. The molecule has 184 valence electrons. The van der Waals surface area contributed by atoms with E-state index < -0.39 is 11.0 Å². The quantitative estimate of drug-likeness (QED) is 0.259. The summed E-state index contributed by atoms with van der Waals surface area (Å²) in [5.41, 5.74) is 1.47. The second-order valence-electron chi connectivity index (χ2n) is 8.34. The highest BCUT2D eigenvalue weighted by atomic mass is 16.6. The number of benzene rings is 3. The Morgan fingerprint density at radius 1 is 1.06 bits per heavy atom. The summed E-state index contributed by atoms with van der Waals surface area (Å²) in [5.74, 6) is 0.0945. The van der Waals surface area contributed by atoms with E-state index in [-0.39, 0.29) is 30.3 Å². The number of hydrogen-bond donors (Lipinski definition) is 0. The molecule has 0 saturated carbocycles. The normalized spacial score (nSPS) is 11.8. The number of nitro benzene ring substituents is 1. The maximum Gasteiger partial charge on any atom is 0.269 e. The van der Waals surface area contributed by atoms with Crippen molar-refractivity contribution in [1.82, 2.24) is 14.5 Å². The van der Waals surface area contributed by atoms with E-state index in [4.69, 9.17) is 9.72 Å². The Morgan fingerprint density at radius 2 is 1.72 bits per heavy atom. The number of nitro groups is 1. The Labute approximate surface area is 207 Å². The molecule has 1 atom stereocenters. The number of methoxy groups -OCH3 is 1. The fraction of sp³-hybridized carbons (Fsp3) is 0.222. The van der Waals surface area contributed by atoms with Crippen molar-refractivity contribution >= 4 is 22.5 Å². The number of amides is 1. The first-order chi connectivity index (χ1) is 17.4. The van der Waals surface area contributed by atoms with E-state index in [0.29, 0.717) is 28.8 Å². The van der Waals surface area contributed by atoms with Crippen LogP contribution in [0.15, 0.2) is 83.7 Å². The predicted molar refractivity (Wildman–Crippen MR) is 136 cm³/mol. The molecule has 0 aliphatic heterocycles. The second kappa shape index (κ2) is 10.9. The Kier molecular flexibility index (Phi) is 7.50. The zero-order valence-corrected chi connectivity index (χ0v) is 20.0. The van der Waals surface area contributed by atoms with Gasteiger partial charge in [-0.3, -0.25) is 24.3 Å². The molecule has 4 rings (SSSR count). The summed E-state index contributed by atoms with van der Waals surface area (Å²) in [6.45, 7) is 2.61. The van der Waals surface area contributed by atoms with Crippen LogP contribution >= 0.6 is 0 Å². The van der Waals surface area contributed by atoms with E-state index in [9.17, 15) is 19.7 Å². The number of ether oxygens (including phenoxy) is 1. The minimum Gasteiger partial charge on any atom is -0.383 e. The van der Waals surface area contributed by atoms with Gasteiger partial charge in [0, 0.05) is 31.4 Å². The van der Waals surface area contributed by atoms with E-state index in [0.717, 1.165) is 5.56 Å². The molecule has 1 unspecified atom stereocenters. The van der Waals surface area contributed by atoms with E-state index in [1.165, 1.54) is 24.3 Å². The minimum absolute atomic E-state index is 0.101. The topological polar surface area (TPSA) is 108 Å². The highest BCUT2D eigenvalue weighted by Gasteiger charge is 2.27. The monoisotopic (exact) mass is 486 g/mol. The number of non-ortho nitro benzene ring substituents is 1. The molecule has 9 nitrogen and oxygen atoms in total. The smallest absolute Gasteiger partial charge is 0.269 e. The molecule has 9 heteroatoms. The Morgan fingerprint density at radius 3 is 2.39 bits per heavy atom. The molecule has 0 fully saturated rings. The summed E-state index contributed by atoms with van der Waals surface area (Å²) in [6, 6.07) is 21.6. The van der Waals surface area contributed by atoms with Crippen LogP contribution in [-0.2, 0) is 11.3 Å². The van der Waals surface area contributed by atoms with Gasteiger partial charge in [-0.2, -0.15) is 0 Å². The van der Waals surface area contributed by atoms with Crippen LogP contribution in [0.5, 0.6) is 0 Å². The van der Waals surface area contributed by atoms with Crippen molar-refractivity contribution in [1.29, 1.82) is 0 Å². The Balaban J connectivity index is 1.80. The number of carbonyl (C=O) groups excluding carboxylic acids is 1. The maximum atomic E-state index is 13.6. The largest absolute Gasteiger partial charge is 0.383 e. The average Bonchev–Trinajstić information content (AvgIpc) is 2.90. The van der Waals surface area contributed by atoms with E-state index in [1.54, 1.807) is 34.8 Å². The van der Waals surface area contributed by atoms with Gasteiger partial charge in [-0.05, 0) is 36.8 Å². The first kappa shape index (κ1) is 24.7. The molecule has 1 amide bonds.